The van der Waals surface area contributed by atoms with Crippen molar-refractivity contribution in [2.24, 2.45) is 0 Å². The molecule has 0 radical (unpaired) electrons. The molecule has 0 aromatic carbocycles. The normalized spacial score (nSPS) is 9.00. The molecule has 0 atom stereocenters. The number of aliphatic hydroxyl groups excluding tert-OH is 1. The van der Waals surface area contributed by atoms with Gasteiger partial charge in [-0.1, -0.05) is 12.2 Å². The third kappa shape index (κ3) is 4.09. The van der Waals surface area contributed by atoms with Gasteiger partial charge >= 0.3 is 5.97 Å². The number of carbonyl (C=O) groups excluding carboxylic acids is 1. The van der Waals surface area contributed by atoms with Gasteiger partial charge in [-0.05, 0) is 6.42 Å². The predicted octanol–water partition coefficient (Wildman–Crippen LogP) is 0.488. The van der Waals surface area contributed by atoms with E-state index in [4.69, 9.17) is 5.11 Å². The quantitative estimate of drug-likeness (QED) is 0.461. The standard InChI is InChI=1S/C7H12O3/c1-6(3-4-8)5-7(9)10-2/h8H,1,3-5H2,2H3. The summed E-state index contributed by atoms with van der Waals surface area (Å²) in [6.45, 7) is 3.61. The first-order valence-electron chi connectivity index (χ1n) is 3.05. The number of ether oxygens (including phenoxy) is 1. The lowest BCUT2D eigenvalue weighted by molar-refractivity contribution is -0.139. The molecule has 0 aliphatic rings. The topological polar surface area (TPSA) is 46.5 Å². The third-order valence-electron chi connectivity index (χ3n) is 1.09. The van der Waals surface area contributed by atoms with E-state index in [1.54, 1.807) is 0 Å². The molecule has 58 valence electrons. The molecule has 10 heavy (non-hydrogen) atoms. The summed E-state index contributed by atoms with van der Waals surface area (Å²) in [6, 6.07) is 0. The number of methoxy groups -OCH3 is 1. The Kier molecular flexibility index (Phi) is 4.58. The Morgan fingerprint density at radius 3 is 2.70 bits per heavy atom. The van der Waals surface area contributed by atoms with Gasteiger partial charge in [0.2, 0.25) is 0 Å². The smallest absolute Gasteiger partial charge is 0.309 e. The van der Waals surface area contributed by atoms with Crippen LogP contribution in [0.1, 0.15) is 12.8 Å². The number of hydrogen-bond acceptors (Lipinski definition) is 3. The monoisotopic (exact) mass is 144 g/mol. The van der Waals surface area contributed by atoms with Gasteiger partial charge in [0.25, 0.3) is 0 Å². The minimum Gasteiger partial charge on any atom is -0.469 e. The maximum Gasteiger partial charge on any atom is 0.309 e. The Balaban J connectivity index is 3.47. The Bertz CT molecular complexity index is 129. The minimum absolute atomic E-state index is 0.0375. The number of hydrogen-bond donors (Lipinski definition) is 1. The van der Waals surface area contributed by atoms with Crippen LogP contribution in [0, 0.1) is 0 Å². The number of esters is 1. The van der Waals surface area contributed by atoms with Crippen molar-refractivity contribution in [2.45, 2.75) is 12.8 Å². The van der Waals surface area contributed by atoms with Gasteiger partial charge in [-0.2, -0.15) is 0 Å². The molecule has 3 nitrogen and oxygen atoms in total. The van der Waals surface area contributed by atoms with Crippen LogP contribution >= 0.6 is 0 Å². The molecular formula is C7H12O3. The lowest BCUT2D eigenvalue weighted by Gasteiger charge is -2.00. The molecule has 0 aromatic rings. The number of rotatable bonds is 4. The summed E-state index contributed by atoms with van der Waals surface area (Å²) < 4.78 is 4.39. The second-order valence-electron chi connectivity index (χ2n) is 1.98. The molecule has 3 heteroatoms. The van der Waals surface area contributed by atoms with Gasteiger partial charge in [0, 0.05) is 6.61 Å². The van der Waals surface area contributed by atoms with E-state index in [1.165, 1.54) is 7.11 Å². The fourth-order valence-corrected chi connectivity index (χ4v) is 0.523. The van der Waals surface area contributed by atoms with Crippen molar-refractivity contribution >= 4 is 5.97 Å². The highest BCUT2D eigenvalue weighted by Gasteiger charge is 2.01. The summed E-state index contributed by atoms with van der Waals surface area (Å²) in [5.41, 5.74) is 0.703. The van der Waals surface area contributed by atoms with Gasteiger partial charge in [0.05, 0.1) is 13.5 Å². The third-order valence-corrected chi connectivity index (χ3v) is 1.09. The van der Waals surface area contributed by atoms with Gasteiger partial charge in [-0.3, -0.25) is 4.79 Å². The molecule has 0 heterocycles. The molecule has 0 saturated heterocycles. The highest BCUT2D eigenvalue weighted by molar-refractivity contribution is 5.71. The van der Waals surface area contributed by atoms with Gasteiger partial charge in [0.1, 0.15) is 0 Å². The van der Waals surface area contributed by atoms with Gasteiger partial charge in [-0.15, -0.1) is 0 Å². The zero-order valence-electron chi connectivity index (χ0n) is 6.09. The Morgan fingerprint density at radius 1 is 1.70 bits per heavy atom. The summed E-state index contributed by atoms with van der Waals surface area (Å²) in [5, 5.41) is 8.41. The Hall–Kier alpha value is -0.830. The van der Waals surface area contributed by atoms with Crippen molar-refractivity contribution in [1.82, 2.24) is 0 Å². The molecule has 0 amide bonds. The molecule has 0 aromatic heterocycles. The second kappa shape index (κ2) is 4.99. The average Bonchev–Trinajstić information content (AvgIpc) is 1.88. The maximum absolute atomic E-state index is 10.5. The van der Waals surface area contributed by atoms with Crippen LogP contribution in [0.15, 0.2) is 12.2 Å². The fourth-order valence-electron chi connectivity index (χ4n) is 0.523. The highest BCUT2D eigenvalue weighted by atomic mass is 16.5. The van der Waals surface area contributed by atoms with E-state index in [9.17, 15) is 4.79 Å². The van der Waals surface area contributed by atoms with Crippen LogP contribution in [-0.4, -0.2) is 24.8 Å². The highest BCUT2D eigenvalue weighted by Crippen LogP contribution is 2.03. The van der Waals surface area contributed by atoms with Crippen molar-refractivity contribution in [3.63, 3.8) is 0 Å². The first-order valence-corrected chi connectivity index (χ1v) is 3.05. The summed E-state index contributed by atoms with van der Waals surface area (Å²) in [4.78, 5) is 10.5. The van der Waals surface area contributed by atoms with Gasteiger partial charge in [-0.25, -0.2) is 0 Å². The lowest BCUT2D eigenvalue weighted by Crippen LogP contribution is -2.02. The van der Waals surface area contributed by atoms with E-state index >= 15 is 0 Å². The predicted molar refractivity (Wildman–Crippen MR) is 37.5 cm³/mol. The van der Waals surface area contributed by atoms with Crippen molar-refractivity contribution in [1.29, 1.82) is 0 Å². The van der Waals surface area contributed by atoms with Crippen molar-refractivity contribution < 1.29 is 14.6 Å². The Labute approximate surface area is 60.3 Å². The van der Waals surface area contributed by atoms with Crippen LogP contribution < -0.4 is 0 Å². The molecule has 0 bridgehead atoms. The largest absolute Gasteiger partial charge is 0.469 e. The first kappa shape index (κ1) is 9.17. The SMILES string of the molecule is C=C(CCO)CC(=O)OC. The molecule has 0 aliphatic heterocycles. The zero-order valence-corrected chi connectivity index (χ0v) is 6.09. The van der Waals surface area contributed by atoms with Gasteiger partial charge in [0.15, 0.2) is 0 Å². The van der Waals surface area contributed by atoms with E-state index in [2.05, 4.69) is 11.3 Å². The first-order chi connectivity index (χ1) is 4.70. The van der Waals surface area contributed by atoms with Crippen LogP contribution in [0.4, 0.5) is 0 Å². The van der Waals surface area contributed by atoms with Crippen LogP contribution in [0.5, 0.6) is 0 Å². The molecule has 0 spiro atoms. The lowest BCUT2D eigenvalue weighted by atomic mass is 10.1. The van der Waals surface area contributed by atoms with Crippen molar-refractivity contribution in [2.75, 3.05) is 13.7 Å². The Morgan fingerprint density at radius 2 is 2.30 bits per heavy atom. The zero-order chi connectivity index (χ0) is 7.98. The summed E-state index contributed by atoms with van der Waals surface area (Å²) in [6.07, 6.45) is 0.673. The fraction of sp³-hybridized carbons (Fsp3) is 0.571. The van der Waals surface area contributed by atoms with E-state index in [-0.39, 0.29) is 19.0 Å². The molecule has 0 rings (SSSR count). The van der Waals surface area contributed by atoms with Crippen LogP contribution in [0.25, 0.3) is 0 Å². The van der Waals surface area contributed by atoms with Crippen LogP contribution in [0.2, 0.25) is 0 Å². The number of aliphatic hydroxyl groups is 1. The van der Waals surface area contributed by atoms with E-state index in [0.717, 1.165) is 0 Å². The molecule has 0 fully saturated rings. The van der Waals surface area contributed by atoms with E-state index in [0.29, 0.717) is 12.0 Å². The van der Waals surface area contributed by atoms with Crippen molar-refractivity contribution in [3.05, 3.63) is 12.2 Å². The van der Waals surface area contributed by atoms with E-state index in [1.807, 2.05) is 0 Å². The van der Waals surface area contributed by atoms with Crippen LogP contribution in [0.3, 0.4) is 0 Å². The summed E-state index contributed by atoms with van der Waals surface area (Å²) in [5.74, 6) is -0.307. The molecule has 0 saturated carbocycles. The molecular weight excluding hydrogens is 132 g/mol. The van der Waals surface area contributed by atoms with Crippen molar-refractivity contribution in [3.8, 4) is 0 Å². The molecule has 0 aliphatic carbocycles. The molecule has 1 N–H and O–H groups in total. The summed E-state index contributed by atoms with van der Waals surface area (Å²) in [7, 11) is 1.33. The van der Waals surface area contributed by atoms with E-state index < -0.39 is 0 Å². The number of carbonyl (C=O) groups is 1. The maximum atomic E-state index is 10.5. The molecule has 0 unspecified atom stereocenters. The summed E-state index contributed by atoms with van der Waals surface area (Å²) >= 11 is 0. The average molecular weight is 144 g/mol. The second-order valence-corrected chi connectivity index (χ2v) is 1.98. The van der Waals surface area contributed by atoms with Crippen LogP contribution in [-0.2, 0) is 9.53 Å². The van der Waals surface area contributed by atoms with Gasteiger partial charge < -0.3 is 9.84 Å². The minimum atomic E-state index is -0.307.